The highest BCUT2D eigenvalue weighted by molar-refractivity contribution is 6.43. The summed E-state index contributed by atoms with van der Waals surface area (Å²) >= 11 is 12.0. The Bertz CT molecular complexity index is 667. The molecular weight excluding hydrogens is 331 g/mol. The normalized spacial score (nSPS) is 10.8. The Balaban J connectivity index is 2.01. The van der Waals surface area contributed by atoms with Crippen LogP contribution in [0.2, 0.25) is 10.0 Å². The van der Waals surface area contributed by atoms with Gasteiger partial charge in [-0.15, -0.1) is 0 Å². The third-order valence-electron chi connectivity index (χ3n) is 3.93. The first-order chi connectivity index (χ1) is 11.0. The number of nitrogens with one attached hydrogen (secondary N) is 1. The van der Waals surface area contributed by atoms with E-state index in [1.165, 1.54) is 5.56 Å². The molecule has 0 radical (unpaired) electrons. The van der Waals surface area contributed by atoms with Crippen molar-refractivity contribution in [3.8, 4) is 0 Å². The molecule has 5 heteroatoms. The summed E-state index contributed by atoms with van der Waals surface area (Å²) in [5.41, 5.74) is 1.84. The van der Waals surface area contributed by atoms with Crippen LogP contribution in [0.5, 0.6) is 0 Å². The van der Waals surface area contributed by atoms with E-state index in [-0.39, 0.29) is 12.5 Å². The molecule has 1 aromatic heterocycles. The van der Waals surface area contributed by atoms with Crippen LogP contribution in [-0.2, 0) is 11.3 Å². The van der Waals surface area contributed by atoms with E-state index in [1.807, 2.05) is 17.0 Å². The molecule has 2 aromatic rings. The Morgan fingerprint density at radius 1 is 1.13 bits per heavy atom. The van der Waals surface area contributed by atoms with Crippen molar-refractivity contribution in [1.82, 2.24) is 0 Å². The van der Waals surface area contributed by atoms with Crippen LogP contribution in [0.3, 0.4) is 0 Å². The lowest BCUT2D eigenvalue weighted by molar-refractivity contribution is -0.684. The quantitative estimate of drug-likeness (QED) is 0.743. The third kappa shape index (κ3) is 4.69. The molecule has 2 rings (SSSR count). The van der Waals surface area contributed by atoms with Crippen molar-refractivity contribution in [3.63, 3.8) is 0 Å². The standard InChI is InChI=1S/C18H20Cl2N2O/c1-3-13(4-2)14-8-10-22(11-9-14)12-17(23)21-16-7-5-6-15(19)18(16)20/h5-11,13H,3-4,12H2,1-2H3/p+1. The molecule has 0 bridgehead atoms. The van der Waals surface area contributed by atoms with E-state index >= 15 is 0 Å². The van der Waals surface area contributed by atoms with Gasteiger partial charge in [-0.25, -0.2) is 0 Å². The third-order valence-corrected chi connectivity index (χ3v) is 4.74. The minimum absolute atomic E-state index is 0.144. The fourth-order valence-corrected chi connectivity index (χ4v) is 2.91. The van der Waals surface area contributed by atoms with Crippen molar-refractivity contribution in [2.45, 2.75) is 39.2 Å². The number of aromatic nitrogens is 1. The van der Waals surface area contributed by atoms with Crippen molar-refractivity contribution >= 4 is 34.8 Å². The van der Waals surface area contributed by atoms with Gasteiger partial charge >= 0.3 is 0 Å². The van der Waals surface area contributed by atoms with Gasteiger partial charge < -0.3 is 5.32 Å². The number of carbonyl (C=O) groups is 1. The number of benzene rings is 1. The Hall–Kier alpha value is -1.58. The van der Waals surface area contributed by atoms with Crippen LogP contribution < -0.4 is 9.88 Å². The number of pyridine rings is 1. The number of halogens is 2. The van der Waals surface area contributed by atoms with Crippen LogP contribution in [0.15, 0.2) is 42.7 Å². The number of nitrogens with zero attached hydrogens (tertiary/aromatic N) is 1. The summed E-state index contributed by atoms with van der Waals surface area (Å²) in [7, 11) is 0. The van der Waals surface area contributed by atoms with Gasteiger partial charge in [0.15, 0.2) is 12.4 Å². The van der Waals surface area contributed by atoms with Crippen molar-refractivity contribution in [2.24, 2.45) is 0 Å². The van der Waals surface area contributed by atoms with E-state index in [0.29, 0.717) is 21.7 Å². The van der Waals surface area contributed by atoms with E-state index in [9.17, 15) is 4.79 Å². The topological polar surface area (TPSA) is 33.0 Å². The average Bonchev–Trinajstić information content (AvgIpc) is 2.54. The maximum Gasteiger partial charge on any atom is 0.290 e. The number of hydrogen-bond donors (Lipinski definition) is 1. The minimum Gasteiger partial charge on any atom is -0.319 e. The van der Waals surface area contributed by atoms with Gasteiger partial charge in [0.25, 0.3) is 5.91 Å². The van der Waals surface area contributed by atoms with Gasteiger partial charge in [0.2, 0.25) is 6.54 Å². The molecule has 0 spiro atoms. The van der Waals surface area contributed by atoms with Gasteiger partial charge in [-0.1, -0.05) is 43.1 Å². The van der Waals surface area contributed by atoms with Gasteiger partial charge in [-0.05, 0) is 36.5 Å². The highest BCUT2D eigenvalue weighted by Gasteiger charge is 2.14. The van der Waals surface area contributed by atoms with E-state index in [0.717, 1.165) is 12.8 Å². The summed E-state index contributed by atoms with van der Waals surface area (Å²) in [6.45, 7) is 4.61. The summed E-state index contributed by atoms with van der Waals surface area (Å²) in [6.07, 6.45) is 6.11. The smallest absolute Gasteiger partial charge is 0.290 e. The SMILES string of the molecule is CCC(CC)c1cc[n+](CC(=O)Nc2cccc(Cl)c2Cl)cc1. The summed E-state index contributed by atoms with van der Waals surface area (Å²) in [5.74, 6) is 0.429. The predicted molar refractivity (Wildman–Crippen MR) is 95.1 cm³/mol. The molecule has 1 heterocycles. The second-order valence-electron chi connectivity index (χ2n) is 5.47. The molecule has 23 heavy (non-hydrogen) atoms. The largest absolute Gasteiger partial charge is 0.319 e. The fourth-order valence-electron chi connectivity index (χ4n) is 2.56. The van der Waals surface area contributed by atoms with Crippen LogP contribution in [0.1, 0.15) is 38.2 Å². The lowest BCUT2D eigenvalue weighted by Crippen LogP contribution is -2.39. The predicted octanol–water partition coefficient (Wildman–Crippen LogP) is 4.82. The summed E-state index contributed by atoms with van der Waals surface area (Å²) in [6, 6.07) is 9.33. The monoisotopic (exact) mass is 351 g/mol. The molecule has 0 aliphatic rings. The van der Waals surface area contributed by atoms with Crippen molar-refractivity contribution in [2.75, 3.05) is 5.32 Å². The molecule has 122 valence electrons. The second kappa shape index (κ2) is 8.32. The molecular formula is C18H21Cl2N2O+. The Kier molecular flexibility index (Phi) is 6.43. The molecule has 0 saturated heterocycles. The molecule has 0 saturated carbocycles. The molecule has 0 aliphatic carbocycles. The number of anilines is 1. The van der Waals surface area contributed by atoms with Crippen molar-refractivity contribution < 1.29 is 9.36 Å². The Morgan fingerprint density at radius 2 is 1.78 bits per heavy atom. The fraction of sp³-hybridized carbons (Fsp3) is 0.333. The lowest BCUT2D eigenvalue weighted by Gasteiger charge is -2.11. The van der Waals surface area contributed by atoms with E-state index in [1.54, 1.807) is 18.2 Å². The zero-order valence-electron chi connectivity index (χ0n) is 13.4. The maximum atomic E-state index is 12.1. The molecule has 0 atom stereocenters. The average molecular weight is 352 g/mol. The highest BCUT2D eigenvalue weighted by atomic mass is 35.5. The van der Waals surface area contributed by atoms with Crippen LogP contribution in [0.4, 0.5) is 5.69 Å². The van der Waals surface area contributed by atoms with Gasteiger partial charge in [-0.2, -0.15) is 4.57 Å². The first kappa shape index (κ1) is 17.8. The summed E-state index contributed by atoms with van der Waals surface area (Å²) in [5, 5.41) is 3.56. The first-order valence-electron chi connectivity index (χ1n) is 7.78. The van der Waals surface area contributed by atoms with Gasteiger partial charge in [0.05, 0.1) is 15.7 Å². The second-order valence-corrected chi connectivity index (χ2v) is 6.25. The highest BCUT2D eigenvalue weighted by Crippen LogP contribution is 2.29. The molecule has 1 amide bonds. The number of rotatable bonds is 6. The summed E-state index contributed by atoms with van der Waals surface area (Å²) < 4.78 is 1.85. The van der Waals surface area contributed by atoms with Crippen LogP contribution in [-0.4, -0.2) is 5.91 Å². The summed E-state index contributed by atoms with van der Waals surface area (Å²) in [4.78, 5) is 12.1. The molecule has 1 aromatic carbocycles. The van der Waals surface area contributed by atoms with Crippen LogP contribution >= 0.6 is 23.2 Å². The number of hydrogen-bond acceptors (Lipinski definition) is 1. The van der Waals surface area contributed by atoms with Crippen LogP contribution in [0.25, 0.3) is 0 Å². The number of amides is 1. The van der Waals surface area contributed by atoms with Gasteiger partial charge in [0, 0.05) is 12.1 Å². The Morgan fingerprint density at radius 3 is 2.39 bits per heavy atom. The van der Waals surface area contributed by atoms with Gasteiger partial charge in [0.1, 0.15) is 0 Å². The van der Waals surface area contributed by atoms with Gasteiger partial charge in [-0.3, -0.25) is 4.79 Å². The van der Waals surface area contributed by atoms with Crippen molar-refractivity contribution in [1.29, 1.82) is 0 Å². The maximum absolute atomic E-state index is 12.1. The Labute approximate surface area is 147 Å². The van der Waals surface area contributed by atoms with Crippen molar-refractivity contribution in [3.05, 3.63) is 58.3 Å². The minimum atomic E-state index is -0.144. The molecule has 0 aliphatic heterocycles. The molecule has 0 unspecified atom stereocenters. The van der Waals surface area contributed by atoms with E-state index in [4.69, 9.17) is 23.2 Å². The van der Waals surface area contributed by atoms with Crippen LogP contribution in [0, 0.1) is 0 Å². The zero-order chi connectivity index (χ0) is 16.8. The lowest BCUT2D eigenvalue weighted by atomic mass is 9.95. The molecule has 1 N–H and O–H groups in total. The molecule has 3 nitrogen and oxygen atoms in total. The van der Waals surface area contributed by atoms with E-state index in [2.05, 4.69) is 31.3 Å². The number of carbonyl (C=O) groups excluding carboxylic acids is 1. The van der Waals surface area contributed by atoms with E-state index < -0.39 is 0 Å². The first-order valence-corrected chi connectivity index (χ1v) is 8.53. The molecule has 0 fully saturated rings. The zero-order valence-corrected chi connectivity index (χ0v) is 14.9.